The molecule has 0 fully saturated rings. The number of fused-ring (bicyclic) bond motifs is 1. The SMILES string of the molecule is CC(C)(Sc1nc2cc(C#N)ccc2s1)C(=O)O. The van der Waals surface area contributed by atoms with Crippen LogP contribution in [0.2, 0.25) is 0 Å². The van der Waals surface area contributed by atoms with Crippen molar-refractivity contribution < 1.29 is 9.90 Å². The third kappa shape index (κ3) is 2.47. The van der Waals surface area contributed by atoms with Gasteiger partial charge in [-0.05, 0) is 32.0 Å². The first-order valence-electron chi connectivity index (χ1n) is 5.15. The average Bonchev–Trinajstić information content (AvgIpc) is 2.68. The minimum absolute atomic E-state index is 0.557. The zero-order valence-corrected chi connectivity index (χ0v) is 11.4. The molecule has 0 saturated heterocycles. The van der Waals surface area contributed by atoms with Gasteiger partial charge in [0.15, 0.2) is 4.34 Å². The fraction of sp³-hybridized carbons (Fsp3) is 0.250. The van der Waals surface area contributed by atoms with Gasteiger partial charge in [-0.25, -0.2) is 4.98 Å². The first kappa shape index (κ1) is 12.9. The Labute approximate surface area is 112 Å². The van der Waals surface area contributed by atoms with Crippen LogP contribution in [0.5, 0.6) is 0 Å². The van der Waals surface area contributed by atoms with Gasteiger partial charge >= 0.3 is 5.97 Å². The molecule has 18 heavy (non-hydrogen) atoms. The van der Waals surface area contributed by atoms with E-state index in [1.807, 2.05) is 6.07 Å². The van der Waals surface area contributed by atoms with Crippen LogP contribution in [0.25, 0.3) is 10.2 Å². The first-order chi connectivity index (χ1) is 8.42. The van der Waals surface area contributed by atoms with Crippen molar-refractivity contribution in [2.75, 3.05) is 0 Å². The molecule has 0 aliphatic rings. The number of rotatable bonds is 3. The summed E-state index contributed by atoms with van der Waals surface area (Å²) in [5.74, 6) is -0.871. The molecule has 0 bridgehead atoms. The van der Waals surface area contributed by atoms with Crippen LogP contribution in [-0.2, 0) is 4.79 Å². The van der Waals surface area contributed by atoms with Gasteiger partial charge in [-0.15, -0.1) is 11.3 Å². The Bertz CT molecular complexity index is 656. The molecule has 1 aromatic heterocycles. The van der Waals surface area contributed by atoms with Crippen molar-refractivity contribution in [1.29, 1.82) is 5.26 Å². The van der Waals surface area contributed by atoms with Gasteiger partial charge in [-0.1, -0.05) is 11.8 Å². The number of benzene rings is 1. The number of aliphatic carboxylic acids is 1. The van der Waals surface area contributed by atoms with Gasteiger partial charge in [-0.3, -0.25) is 4.79 Å². The fourth-order valence-corrected chi connectivity index (χ4v) is 3.69. The lowest BCUT2D eigenvalue weighted by Crippen LogP contribution is -2.26. The standard InChI is InChI=1S/C12H10N2O2S2/c1-12(2,10(15)16)18-11-14-8-5-7(6-13)3-4-9(8)17-11/h3-5H,1-2H3,(H,15,16). The third-order valence-corrected chi connectivity index (χ3v) is 4.64. The van der Waals surface area contributed by atoms with Crippen LogP contribution < -0.4 is 0 Å². The van der Waals surface area contributed by atoms with Gasteiger partial charge < -0.3 is 5.11 Å². The lowest BCUT2D eigenvalue weighted by Gasteiger charge is -2.15. The molecule has 0 aliphatic carbocycles. The van der Waals surface area contributed by atoms with Gasteiger partial charge in [0, 0.05) is 0 Å². The summed E-state index contributed by atoms with van der Waals surface area (Å²) in [6, 6.07) is 7.34. The van der Waals surface area contributed by atoms with Crippen LogP contribution in [0.4, 0.5) is 0 Å². The predicted octanol–water partition coefficient (Wildman–Crippen LogP) is 3.12. The first-order valence-corrected chi connectivity index (χ1v) is 6.79. The average molecular weight is 278 g/mol. The van der Waals surface area contributed by atoms with E-state index in [0.29, 0.717) is 9.90 Å². The Hall–Kier alpha value is -1.58. The van der Waals surface area contributed by atoms with Gasteiger partial charge in [0.1, 0.15) is 4.75 Å². The van der Waals surface area contributed by atoms with Crippen LogP contribution >= 0.6 is 23.1 Å². The molecule has 1 aromatic carbocycles. The normalized spacial score (nSPS) is 11.4. The number of aromatic nitrogens is 1. The molecule has 6 heteroatoms. The summed E-state index contributed by atoms with van der Waals surface area (Å²) in [6.07, 6.45) is 0. The van der Waals surface area contributed by atoms with Crippen molar-refractivity contribution in [3.05, 3.63) is 23.8 Å². The molecule has 0 amide bonds. The zero-order valence-electron chi connectivity index (χ0n) is 9.80. The Morgan fingerprint density at radius 2 is 2.28 bits per heavy atom. The number of nitriles is 1. The number of nitrogens with zero attached hydrogens (tertiary/aromatic N) is 2. The molecule has 0 atom stereocenters. The van der Waals surface area contributed by atoms with E-state index in [0.717, 1.165) is 10.2 Å². The minimum atomic E-state index is -0.911. The molecule has 1 N–H and O–H groups in total. The number of hydrogen-bond acceptors (Lipinski definition) is 5. The second-order valence-corrected chi connectivity index (χ2v) is 7.09. The van der Waals surface area contributed by atoms with E-state index in [4.69, 9.17) is 10.4 Å². The summed E-state index contributed by atoms with van der Waals surface area (Å²) in [4.78, 5) is 15.4. The molecule has 0 radical (unpaired) electrons. The maximum Gasteiger partial charge on any atom is 0.319 e. The fourth-order valence-electron chi connectivity index (χ4n) is 1.28. The van der Waals surface area contributed by atoms with Crippen molar-refractivity contribution in [1.82, 2.24) is 4.98 Å². The lowest BCUT2D eigenvalue weighted by atomic mass is 10.2. The summed E-state index contributed by atoms with van der Waals surface area (Å²) in [7, 11) is 0. The van der Waals surface area contributed by atoms with Crippen molar-refractivity contribution in [2.24, 2.45) is 0 Å². The largest absolute Gasteiger partial charge is 0.480 e. The van der Waals surface area contributed by atoms with E-state index in [1.165, 1.54) is 23.1 Å². The molecular formula is C12H10N2O2S2. The molecular weight excluding hydrogens is 268 g/mol. The van der Waals surface area contributed by atoms with Crippen LogP contribution in [0.3, 0.4) is 0 Å². The van der Waals surface area contributed by atoms with E-state index in [9.17, 15) is 4.79 Å². The summed E-state index contributed by atoms with van der Waals surface area (Å²) in [5.41, 5.74) is 1.30. The molecule has 1 heterocycles. The number of carboxylic acids is 1. The highest BCUT2D eigenvalue weighted by Crippen LogP contribution is 2.37. The van der Waals surface area contributed by atoms with Crippen LogP contribution in [0.1, 0.15) is 19.4 Å². The van der Waals surface area contributed by atoms with Crippen LogP contribution in [-0.4, -0.2) is 20.8 Å². The second kappa shape index (κ2) is 4.59. The molecule has 2 aromatic rings. The smallest absolute Gasteiger partial charge is 0.319 e. The molecule has 2 rings (SSSR count). The summed E-state index contributed by atoms with van der Waals surface area (Å²) in [6.45, 7) is 3.29. The van der Waals surface area contributed by atoms with Crippen LogP contribution in [0.15, 0.2) is 22.5 Å². The van der Waals surface area contributed by atoms with Crippen molar-refractivity contribution in [3.63, 3.8) is 0 Å². The Morgan fingerprint density at radius 1 is 1.56 bits per heavy atom. The maximum absolute atomic E-state index is 11.1. The van der Waals surface area contributed by atoms with E-state index in [-0.39, 0.29) is 0 Å². The number of thioether (sulfide) groups is 1. The predicted molar refractivity (Wildman–Crippen MR) is 71.9 cm³/mol. The van der Waals surface area contributed by atoms with E-state index in [2.05, 4.69) is 11.1 Å². The molecule has 0 spiro atoms. The van der Waals surface area contributed by atoms with E-state index in [1.54, 1.807) is 26.0 Å². The molecule has 0 saturated carbocycles. The second-order valence-electron chi connectivity index (χ2n) is 4.19. The molecule has 0 unspecified atom stereocenters. The molecule has 4 nitrogen and oxygen atoms in total. The number of carbonyl (C=O) groups is 1. The summed E-state index contributed by atoms with van der Waals surface area (Å²) in [5, 5.41) is 17.9. The lowest BCUT2D eigenvalue weighted by molar-refractivity contribution is -0.138. The summed E-state index contributed by atoms with van der Waals surface area (Å²) < 4.78 is 0.747. The topological polar surface area (TPSA) is 74.0 Å². The number of carboxylic acid groups (broad SMARTS) is 1. The Kier molecular flexibility index (Phi) is 3.28. The Morgan fingerprint density at radius 3 is 2.89 bits per heavy atom. The minimum Gasteiger partial charge on any atom is -0.480 e. The van der Waals surface area contributed by atoms with Crippen molar-refractivity contribution >= 4 is 39.3 Å². The van der Waals surface area contributed by atoms with Crippen molar-refractivity contribution in [3.8, 4) is 6.07 Å². The van der Waals surface area contributed by atoms with Crippen LogP contribution in [0, 0.1) is 11.3 Å². The number of thiazole rings is 1. The van der Waals surface area contributed by atoms with E-state index >= 15 is 0 Å². The van der Waals surface area contributed by atoms with Gasteiger partial charge in [0.2, 0.25) is 0 Å². The summed E-state index contributed by atoms with van der Waals surface area (Å²) >= 11 is 2.66. The zero-order chi connectivity index (χ0) is 13.3. The van der Waals surface area contributed by atoms with Gasteiger partial charge in [0.25, 0.3) is 0 Å². The Balaban J connectivity index is 2.37. The van der Waals surface area contributed by atoms with Gasteiger partial charge in [-0.2, -0.15) is 5.26 Å². The third-order valence-electron chi connectivity index (χ3n) is 2.35. The number of hydrogen-bond donors (Lipinski definition) is 1. The quantitative estimate of drug-likeness (QED) is 0.873. The van der Waals surface area contributed by atoms with Crippen molar-refractivity contribution in [2.45, 2.75) is 22.9 Å². The monoisotopic (exact) mass is 278 g/mol. The molecule has 0 aliphatic heterocycles. The highest BCUT2D eigenvalue weighted by atomic mass is 32.2. The van der Waals surface area contributed by atoms with E-state index < -0.39 is 10.7 Å². The highest BCUT2D eigenvalue weighted by Gasteiger charge is 2.29. The maximum atomic E-state index is 11.1. The van der Waals surface area contributed by atoms with Gasteiger partial charge in [0.05, 0.1) is 21.8 Å². The highest BCUT2D eigenvalue weighted by molar-refractivity contribution is 8.03. The molecule has 92 valence electrons.